The lowest BCUT2D eigenvalue weighted by atomic mass is 9.95. The Bertz CT molecular complexity index is 373. The molecule has 0 aliphatic heterocycles. The van der Waals surface area contributed by atoms with Crippen LogP contribution in [0, 0.1) is 13.8 Å². The number of hydrogen-bond donors (Lipinski definition) is 1. The zero-order valence-corrected chi connectivity index (χ0v) is 10.2. The molecule has 0 unspecified atom stereocenters. The minimum atomic E-state index is -0.326. The van der Waals surface area contributed by atoms with Gasteiger partial charge < -0.3 is 9.84 Å². The summed E-state index contributed by atoms with van der Waals surface area (Å²) in [6.45, 7) is 3.93. The fourth-order valence-electron chi connectivity index (χ4n) is 2.29. The average Bonchev–Trinajstić information content (AvgIpc) is 2.48. The molecule has 1 aromatic heterocycles. The summed E-state index contributed by atoms with van der Waals surface area (Å²) in [4.78, 5) is 0. The maximum atomic E-state index is 9.87. The molecule has 0 saturated heterocycles. The van der Waals surface area contributed by atoms with Crippen LogP contribution < -0.4 is 4.74 Å². The molecule has 2 rings (SSSR count). The molecule has 0 aromatic carbocycles. The highest BCUT2D eigenvalue weighted by Gasteiger charge is 2.26. The second kappa shape index (κ2) is 4.45. The minimum absolute atomic E-state index is 0.0599. The number of aromatic nitrogens is 2. The maximum absolute atomic E-state index is 9.87. The summed E-state index contributed by atoms with van der Waals surface area (Å²) in [6.07, 6.45) is 3.65. The van der Waals surface area contributed by atoms with E-state index in [1.807, 2.05) is 25.6 Å². The van der Waals surface area contributed by atoms with E-state index >= 15 is 0 Å². The molecule has 0 bridgehead atoms. The van der Waals surface area contributed by atoms with Crippen molar-refractivity contribution in [2.24, 2.45) is 7.05 Å². The zero-order chi connectivity index (χ0) is 11.7. The molecule has 0 spiro atoms. The summed E-state index contributed by atoms with van der Waals surface area (Å²) in [5.41, 5.74) is 1.92. The lowest BCUT2D eigenvalue weighted by Gasteiger charge is -2.28. The Morgan fingerprint density at radius 2 is 2.00 bits per heavy atom. The van der Waals surface area contributed by atoms with Crippen LogP contribution in [0.15, 0.2) is 0 Å². The third kappa shape index (κ3) is 2.07. The molecule has 0 radical (unpaired) electrons. The van der Waals surface area contributed by atoms with Gasteiger partial charge in [0.25, 0.3) is 0 Å². The van der Waals surface area contributed by atoms with E-state index in [4.69, 9.17) is 4.74 Å². The van der Waals surface area contributed by atoms with E-state index in [0.29, 0.717) is 0 Å². The predicted octanol–water partition coefficient (Wildman–Crippen LogP) is 1.72. The highest BCUT2D eigenvalue weighted by Crippen LogP contribution is 2.28. The van der Waals surface area contributed by atoms with Crippen LogP contribution in [-0.2, 0) is 7.05 Å². The van der Waals surface area contributed by atoms with Crippen molar-refractivity contribution in [1.29, 1.82) is 0 Å². The van der Waals surface area contributed by atoms with Gasteiger partial charge in [-0.3, -0.25) is 4.68 Å². The number of aliphatic hydroxyl groups is 1. The number of aliphatic hydroxyl groups excluding tert-OH is 1. The monoisotopic (exact) mass is 224 g/mol. The normalized spacial score (nSPS) is 25.8. The Labute approximate surface area is 96.2 Å². The van der Waals surface area contributed by atoms with Crippen LogP contribution in [0.3, 0.4) is 0 Å². The molecule has 1 aromatic rings. The fourth-order valence-corrected chi connectivity index (χ4v) is 2.29. The van der Waals surface area contributed by atoms with Gasteiger partial charge in [0.15, 0.2) is 5.75 Å². The summed E-state index contributed by atoms with van der Waals surface area (Å²) < 4.78 is 7.74. The number of ether oxygens (including phenoxy) is 1. The lowest BCUT2D eigenvalue weighted by Crippen LogP contribution is -2.34. The van der Waals surface area contributed by atoms with Crippen LogP contribution in [0.5, 0.6) is 5.75 Å². The first-order valence-electron chi connectivity index (χ1n) is 5.94. The van der Waals surface area contributed by atoms with Gasteiger partial charge in [-0.2, -0.15) is 5.10 Å². The zero-order valence-electron chi connectivity index (χ0n) is 10.2. The third-order valence-electron chi connectivity index (χ3n) is 3.38. The Morgan fingerprint density at radius 1 is 1.31 bits per heavy atom. The van der Waals surface area contributed by atoms with E-state index in [1.54, 1.807) is 0 Å². The van der Waals surface area contributed by atoms with Gasteiger partial charge in [0.2, 0.25) is 0 Å². The van der Waals surface area contributed by atoms with Gasteiger partial charge in [0, 0.05) is 7.05 Å². The Hall–Kier alpha value is -1.03. The predicted molar refractivity (Wildman–Crippen MR) is 61.6 cm³/mol. The average molecular weight is 224 g/mol. The van der Waals surface area contributed by atoms with Crippen LogP contribution in [0.4, 0.5) is 0 Å². The molecule has 90 valence electrons. The number of nitrogens with zero attached hydrogens (tertiary/aromatic N) is 2. The largest absolute Gasteiger partial charge is 0.484 e. The standard InChI is InChI=1S/C12H20N2O2/c1-8-12(9(2)14(3)13-8)16-11-7-5-4-6-10(11)15/h10-11,15H,4-7H2,1-3H3/t10-,11-/m0/s1. The molecule has 1 heterocycles. The van der Waals surface area contributed by atoms with E-state index < -0.39 is 0 Å². The van der Waals surface area contributed by atoms with Gasteiger partial charge >= 0.3 is 0 Å². The summed E-state index contributed by atoms with van der Waals surface area (Å²) >= 11 is 0. The van der Waals surface area contributed by atoms with Crippen LogP contribution in [0.25, 0.3) is 0 Å². The molecule has 1 fully saturated rings. The number of rotatable bonds is 2. The van der Waals surface area contributed by atoms with Gasteiger partial charge in [-0.15, -0.1) is 0 Å². The molecular formula is C12H20N2O2. The third-order valence-corrected chi connectivity index (χ3v) is 3.38. The van der Waals surface area contributed by atoms with Gasteiger partial charge in [0.1, 0.15) is 11.8 Å². The van der Waals surface area contributed by atoms with Crippen molar-refractivity contribution >= 4 is 0 Å². The lowest BCUT2D eigenvalue weighted by molar-refractivity contribution is 0.00616. The molecular weight excluding hydrogens is 204 g/mol. The van der Waals surface area contributed by atoms with Gasteiger partial charge in [-0.25, -0.2) is 0 Å². The van der Waals surface area contributed by atoms with Gasteiger partial charge in [0.05, 0.1) is 11.8 Å². The molecule has 1 aliphatic rings. The molecule has 1 saturated carbocycles. The number of aryl methyl sites for hydroxylation is 2. The van der Waals surface area contributed by atoms with E-state index in [-0.39, 0.29) is 12.2 Å². The van der Waals surface area contributed by atoms with Gasteiger partial charge in [-0.1, -0.05) is 6.42 Å². The van der Waals surface area contributed by atoms with Crippen molar-refractivity contribution in [1.82, 2.24) is 9.78 Å². The maximum Gasteiger partial charge on any atom is 0.163 e. The van der Waals surface area contributed by atoms with Crippen molar-refractivity contribution in [3.05, 3.63) is 11.4 Å². The van der Waals surface area contributed by atoms with Crippen molar-refractivity contribution in [3.8, 4) is 5.75 Å². The topological polar surface area (TPSA) is 47.3 Å². The van der Waals surface area contributed by atoms with Crippen LogP contribution in [0.1, 0.15) is 37.1 Å². The number of hydrogen-bond acceptors (Lipinski definition) is 3. The SMILES string of the molecule is Cc1nn(C)c(C)c1O[C@H]1CCCC[C@@H]1O. The first-order valence-corrected chi connectivity index (χ1v) is 5.94. The van der Waals surface area contributed by atoms with Crippen molar-refractivity contribution in [2.45, 2.75) is 51.7 Å². The Morgan fingerprint density at radius 3 is 2.56 bits per heavy atom. The molecule has 0 amide bonds. The van der Waals surface area contributed by atoms with Crippen LogP contribution >= 0.6 is 0 Å². The van der Waals surface area contributed by atoms with E-state index in [0.717, 1.165) is 42.8 Å². The van der Waals surface area contributed by atoms with E-state index in [9.17, 15) is 5.11 Å². The minimum Gasteiger partial charge on any atom is -0.484 e. The van der Waals surface area contributed by atoms with Crippen molar-refractivity contribution in [2.75, 3.05) is 0 Å². The second-order valence-corrected chi connectivity index (χ2v) is 4.63. The highest BCUT2D eigenvalue weighted by atomic mass is 16.5. The van der Waals surface area contributed by atoms with Crippen LogP contribution in [-0.4, -0.2) is 27.1 Å². The summed E-state index contributed by atoms with van der Waals surface area (Å²) in [7, 11) is 1.91. The summed E-state index contributed by atoms with van der Waals surface area (Å²) in [5.74, 6) is 0.841. The first kappa shape index (κ1) is 11.5. The molecule has 16 heavy (non-hydrogen) atoms. The summed E-state index contributed by atoms with van der Waals surface area (Å²) in [5, 5.41) is 14.2. The first-order chi connectivity index (χ1) is 7.59. The second-order valence-electron chi connectivity index (χ2n) is 4.63. The molecule has 4 nitrogen and oxygen atoms in total. The molecule has 1 N–H and O–H groups in total. The van der Waals surface area contributed by atoms with Crippen molar-refractivity contribution < 1.29 is 9.84 Å². The quantitative estimate of drug-likeness (QED) is 0.832. The molecule has 2 atom stereocenters. The smallest absolute Gasteiger partial charge is 0.163 e. The van der Waals surface area contributed by atoms with Gasteiger partial charge in [-0.05, 0) is 33.1 Å². The molecule has 1 aliphatic carbocycles. The summed E-state index contributed by atoms with van der Waals surface area (Å²) in [6, 6.07) is 0. The Balaban J connectivity index is 2.13. The highest BCUT2D eigenvalue weighted by molar-refractivity contribution is 5.32. The Kier molecular flexibility index (Phi) is 3.19. The van der Waals surface area contributed by atoms with Crippen molar-refractivity contribution in [3.63, 3.8) is 0 Å². The van der Waals surface area contributed by atoms with Crippen LogP contribution in [0.2, 0.25) is 0 Å². The van der Waals surface area contributed by atoms with E-state index in [2.05, 4.69) is 5.10 Å². The molecule has 4 heteroatoms. The fraction of sp³-hybridized carbons (Fsp3) is 0.750. The van der Waals surface area contributed by atoms with E-state index in [1.165, 1.54) is 0 Å².